The summed E-state index contributed by atoms with van der Waals surface area (Å²) in [5, 5.41) is 4.37. The third kappa shape index (κ3) is 2.45. The molecule has 0 unspecified atom stereocenters. The highest BCUT2D eigenvalue weighted by Crippen LogP contribution is 2.19. The number of nitrogens with zero attached hydrogens (tertiary/aromatic N) is 2. The monoisotopic (exact) mass is 259 g/mol. The Morgan fingerprint density at radius 1 is 1.32 bits per heavy atom. The SMILES string of the molecule is CCOC(=O)c1ccc(-n2nc(C)c(N)c2C)cc1. The second-order valence-electron chi connectivity index (χ2n) is 4.26. The van der Waals surface area contributed by atoms with Crippen molar-refractivity contribution in [1.82, 2.24) is 9.78 Å². The van der Waals surface area contributed by atoms with Crippen LogP contribution in [-0.2, 0) is 4.74 Å². The van der Waals surface area contributed by atoms with Crippen LogP contribution < -0.4 is 5.73 Å². The minimum atomic E-state index is -0.318. The Bertz CT molecular complexity index is 600. The summed E-state index contributed by atoms with van der Waals surface area (Å²) < 4.78 is 6.70. The van der Waals surface area contributed by atoms with Gasteiger partial charge >= 0.3 is 5.97 Å². The molecule has 0 saturated carbocycles. The van der Waals surface area contributed by atoms with E-state index in [9.17, 15) is 4.79 Å². The summed E-state index contributed by atoms with van der Waals surface area (Å²) in [5.74, 6) is -0.318. The molecule has 2 aromatic rings. The van der Waals surface area contributed by atoms with Crippen molar-refractivity contribution in [2.75, 3.05) is 12.3 Å². The number of esters is 1. The number of hydrogen-bond donors (Lipinski definition) is 1. The summed E-state index contributed by atoms with van der Waals surface area (Å²) in [5.41, 5.74) is 9.67. The molecule has 2 rings (SSSR count). The molecule has 0 aliphatic rings. The average molecular weight is 259 g/mol. The molecule has 2 N–H and O–H groups in total. The predicted octanol–water partition coefficient (Wildman–Crippen LogP) is 2.25. The Kier molecular flexibility index (Phi) is 3.55. The zero-order valence-corrected chi connectivity index (χ0v) is 11.3. The number of aromatic nitrogens is 2. The van der Waals surface area contributed by atoms with Crippen LogP contribution in [0.5, 0.6) is 0 Å². The van der Waals surface area contributed by atoms with E-state index in [-0.39, 0.29) is 5.97 Å². The first kappa shape index (κ1) is 13.1. The number of hydrogen-bond acceptors (Lipinski definition) is 4. The molecular formula is C14H17N3O2. The molecule has 0 amide bonds. The molecule has 0 fully saturated rings. The minimum absolute atomic E-state index is 0.318. The van der Waals surface area contributed by atoms with Gasteiger partial charge < -0.3 is 10.5 Å². The fraction of sp³-hybridized carbons (Fsp3) is 0.286. The molecule has 1 aromatic heterocycles. The molecule has 0 aliphatic carbocycles. The third-order valence-electron chi connectivity index (χ3n) is 2.97. The lowest BCUT2D eigenvalue weighted by Crippen LogP contribution is -2.05. The molecule has 100 valence electrons. The highest BCUT2D eigenvalue weighted by molar-refractivity contribution is 5.89. The summed E-state index contributed by atoms with van der Waals surface area (Å²) in [6, 6.07) is 7.09. The van der Waals surface area contributed by atoms with E-state index in [1.54, 1.807) is 23.7 Å². The molecule has 1 heterocycles. The van der Waals surface area contributed by atoms with E-state index in [4.69, 9.17) is 10.5 Å². The van der Waals surface area contributed by atoms with Crippen LogP contribution >= 0.6 is 0 Å². The summed E-state index contributed by atoms with van der Waals surface area (Å²) in [7, 11) is 0. The molecule has 0 spiro atoms. The maximum Gasteiger partial charge on any atom is 0.338 e. The zero-order chi connectivity index (χ0) is 14.0. The van der Waals surface area contributed by atoms with Crippen molar-refractivity contribution in [1.29, 1.82) is 0 Å². The largest absolute Gasteiger partial charge is 0.462 e. The Morgan fingerprint density at radius 2 is 1.95 bits per heavy atom. The molecule has 5 nitrogen and oxygen atoms in total. The number of nitrogens with two attached hydrogens (primary N) is 1. The summed E-state index contributed by atoms with van der Waals surface area (Å²) >= 11 is 0. The molecular weight excluding hydrogens is 242 g/mol. The molecule has 0 atom stereocenters. The lowest BCUT2D eigenvalue weighted by molar-refractivity contribution is 0.0526. The molecule has 19 heavy (non-hydrogen) atoms. The van der Waals surface area contributed by atoms with E-state index in [0.29, 0.717) is 17.9 Å². The van der Waals surface area contributed by atoms with Crippen LogP contribution in [0, 0.1) is 13.8 Å². The zero-order valence-electron chi connectivity index (χ0n) is 11.3. The van der Waals surface area contributed by atoms with Crippen LogP contribution in [0.25, 0.3) is 5.69 Å². The smallest absolute Gasteiger partial charge is 0.338 e. The van der Waals surface area contributed by atoms with E-state index >= 15 is 0 Å². The van der Waals surface area contributed by atoms with E-state index in [0.717, 1.165) is 17.1 Å². The number of rotatable bonds is 3. The average Bonchev–Trinajstić information content (AvgIpc) is 2.67. The predicted molar refractivity (Wildman–Crippen MR) is 73.4 cm³/mol. The molecule has 0 radical (unpaired) electrons. The number of ether oxygens (including phenoxy) is 1. The van der Waals surface area contributed by atoms with Gasteiger partial charge in [-0.1, -0.05) is 0 Å². The van der Waals surface area contributed by atoms with E-state index < -0.39 is 0 Å². The van der Waals surface area contributed by atoms with Gasteiger partial charge in [0.1, 0.15) is 0 Å². The highest BCUT2D eigenvalue weighted by atomic mass is 16.5. The van der Waals surface area contributed by atoms with Gasteiger partial charge in [0, 0.05) is 0 Å². The van der Waals surface area contributed by atoms with Gasteiger partial charge in [-0.3, -0.25) is 0 Å². The lowest BCUT2D eigenvalue weighted by atomic mass is 10.2. The van der Waals surface area contributed by atoms with Crippen molar-refractivity contribution in [3.63, 3.8) is 0 Å². The fourth-order valence-corrected chi connectivity index (χ4v) is 1.86. The highest BCUT2D eigenvalue weighted by Gasteiger charge is 2.11. The lowest BCUT2D eigenvalue weighted by Gasteiger charge is -2.06. The second-order valence-corrected chi connectivity index (χ2v) is 4.26. The first-order valence-electron chi connectivity index (χ1n) is 6.13. The van der Waals surface area contributed by atoms with Crippen molar-refractivity contribution >= 4 is 11.7 Å². The van der Waals surface area contributed by atoms with Gasteiger partial charge in [0.25, 0.3) is 0 Å². The normalized spacial score (nSPS) is 10.5. The van der Waals surface area contributed by atoms with E-state index in [1.165, 1.54) is 0 Å². The molecule has 0 saturated heterocycles. The van der Waals surface area contributed by atoms with Gasteiger partial charge in [-0.15, -0.1) is 0 Å². The number of nitrogen functional groups attached to an aromatic ring is 1. The van der Waals surface area contributed by atoms with Crippen molar-refractivity contribution in [3.05, 3.63) is 41.2 Å². The van der Waals surface area contributed by atoms with Gasteiger partial charge in [-0.05, 0) is 45.0 Å². The van der Waals surface area contributed by atoms with Crippen molar-refractivity contribution in [3.8, 4) is 5.69 Å². The number of benzene rings is 1. The first-order valence-corrected chi connectivity index (χ1v) is 6.13. The summed E-state index contributed by atoms with van der Waals surface area (Å²) in [4.78, 5) is 11.6. The summed E-state index contributed by atoms with van der Waals surface area (Å²) in [6.45, 7) is 5.93. The topological polar surface area (TPSA) is 70.1 Å². The van der Waals surface area contributed by atoms with Gasteiger partial charge in [0.05, 0.1) is 34.9 Å². The van der Waals surface area contributed by atoms with Gasteiger partial charge in [-0.25, -0.2) is 9.48 Å². The van der Waals surface area contributed by atoms with Crippen LogP contribution in [0.15, 0.2) is 24.3 Å². The van der Waals surface area contributed by atoms with Crippen LogP contribution in [0.4, 0.5) is 5.69 Å². The van der Waals surface area contributed by atoms with Crippen molar-refractivity contribution in [2.24, 2.45) is 0 Å². The molecule has 5 heteroatoms. The van der Waals surface area contributed by atoms with Crippen LogP contribution in [0.2, 0.25) is 0 Å². The van der Waals surface area contributed by atoms with E-state index in [1.807, 2.05) is 26.0 Å². The quantitative estimate of drug-likeness (QED) is 0.858. The van der Waals surface area contributed by atoms with Gasteiger partial charge in [0.2, 0.25) is 0 Å². The first-order chi connectivity index (χ1) is 9.04. The maximum atomic E-state index is 11.6. The number of carbonyl (C=O) groups excluding carboxylic acids is 1. The number of aryl methyl sites for hydroxylation is 1. The Morgan fingerprint density at radius 3 is 2.42 bits per heavy atom. The van der Waals surface area contributed by atoms with Crippen LogP contribution in [-0.4, -0.2) is 22.4 Å². The molecule has 0 bridgehead atoms. The minimum Gasteiger partial charge on any atom is -0.462 e. The number of anilines is 1. The Balaban J connectivity index is 2.32. The summed E-state index contributed by atoms with van der Waals surface area (Å²) in [6.07, 6.45) is 0. The fourth-order valence-electron chi connectivity index (χ4n) is 1.86. The van der Waals surface area contributed by atoms with Gasteiger partial charge in [0.15, 0.2) is 0 Å². The number of carbonyl (C=O) groups is 1. The second kappa shape index (κ2) is 5.14. The molecule has 0 aliphatic heterocycles. The van der Waals surface area contributed by atoms with E-state index in [2.05, 4.69) is 5.10 Å². The van der Waals surface area contributed by atoms with Gasteiger partial charge in [-0.2, -0.15) is 5.10 Å². The Hall–Kier alpha value is -2.30. The van der Waals surface area contributed by atoms with Crippen LogP contribution in [0.3, 0.4) is 0 Å². The molecule has 1 aromatic carbocycles. The van der Waals surface area contributed by atoms with Crippen LogP contribution in [0.1, 0.15) is 28.7 Å². The van der Waals surface area contributed by atoms with Crippen molar-refractivity contribution < 1.29 is 9.53 Å². The standard InChI is InChI=1S/C14H17N3O2/c1-4-19-14(18)11-5-7-12(8-6-11)17-10(3)13(15)9(2)16-17/h5-8H,4,15H2,1-3H3. The third-order valence-corrected chi connectivity index (χ3v) is 2.97. The Labute approximate surface area is 112 Å². The maximum absolute atomic E-state index is 11.6. The van der Waals surface area contributed by atoms with Crippen molar-refractivity contribution in [2.45, 2.75) is 20.8 Å².